The molecule has 0 spiro atoms. The molecule has 0 aromatic heterocycles. The van der Waals surface area contributed by atoms with Gasteiger partial charge in [-0.05, 0) is 30.0 Å². The fraction of sp³-hybridized carbons (Fsp3) is 0.400. The normalized spacial score (nSPS) is 13.5. The highest BCUT2D eigenvalue weighted by Crippen LogP contribution is 2.31. The fourth-order valence-electron chi connectivity index (χ4n) is 2.55. The first-order chi connectivity index (χ1) is 14.7. The summed E-state index contributed by atoms with van der Waals surface area (Å²) in [6.07, 6.45) is -8.57. The quantitative estimate of drug-likeness (QED) is 0.451. The van der Waals surface area contributed by atoms with Crippen LogP contribution >= 0.6 is 0 Å². The maximum absolute atomic E-state index is 12.7. The largest absolute Gasteiger partial charge is 0.484 e. The Bertz CT molecular complexity index is 968. The van der Waals surface area contributed by atoms with Gasteiger partial charge in [0.1, 0.15) is 11.5 Å². The van der Waals surface area contributed by atoms with Crippen LogP contribution in [0.1, 0.15) is 31.7 Å². The van der Waals surface area contributed by atoms with E-state index in [1.807, 2.05) is 13.8 Å². The van der Waals surface area contributed by atoms with Crippen molar-refractivity contribution in [3.63, 3.8) is 0 Å². The Kier molecular flexibility index (Phi) is 7.92. The van der Waals surface area contributed by atoms with Crippen LogP contribution in [0.15, 0.2) is 47.4 Å². The molecule has 12 heteroatoms. The maximum Gasteiger partial charge on any atom is 0.422 e. The Hall–Kier alpha value is -2.63. The summed E-state index contributed by atoms with van der Waals surface area (Å²) < 4.78 is 111. The predicted octanol–water partition coefficient (Wildman–Crippen LogP) is 5.88. The monoisotopic (exact) mass is 485 g/mol. The van der Waals surface area contributed by atoms with E-state index in [1.165, 1.54) is 12.1 Å². The number of halogens is 6. The molecule has 0 aliphatic rings. The molecular weight excluding hydrogens is 464 g/mol. The number of alkyl halides is 6. The first kappa shape index (κ1) is 25.6. The summed E-state index contributed by atoms with van der Waals surface area (Å²) in [6.45, 7) is 0.498. The molecule has 2 rings (SSSR count). The molecular formula is C20H21F6NO4S. The van der Waals surface area contributed by atoms with Crippen molar-refractivity contribution in [2.75, 3.05) is 17.9 Å². The van der Waals surface area contributed by atoms with E-state index < -0.39 is 47.1 Å². The number of nitrogens with one attached hydrogen (secondary N) is 1. The van der Waals surface area contributed by atoms with E-state index in [-0.39, 0.29) is 16.5 Å². The van der Waals surface area contributed by atoms with Crippen LogP contribution in [0.25, 0.3) is 0 Å². The number of sulfonamides is 1. The summed E-state index contributed by atoms with van der Waals surface area (Å²) in [5.41, 5.74) is 0.588. The van der Waals surface area contributed by atoms with Gasteiger partial charge in [-0.1, -0.05) is 26.0 Å². The summed E-state index contributed by atoms with van der Waals surface area (Å²) in [7, 11) is -4.19. The van der Waals surface area contributed by atoms with Crippen LogP contribution in [0.5, 0.6) is 11.5 Å². The molecule has 0 aliphatic heterocycles. The Labute approximate surface area is 181 Å². The molecule has 1 atom stereocenters. The standard InChI is InChI=1S/C20H21F6NO4S/c1-3-13(2)14-4-6-18(7-5-14)32(28,29)27-15-8-16(30-11-19(21,22)23)10-17(9-15)31-12-20(24,25)26/h4-10,13,27H,3,11-12H2,1-2H3. The van der Waals surface area contributed by atoms with Crippen molar-refractivity contribution in [3.8, 4) is 11.5 Å². The van der Waals surface area contributed by atoms with Gasteiger partial charge in [-0.25, -0.2) is 8.42 Å². The Morgan fingerprint density at radius 3 is 1.75 bits per heavy atom. The molecule has 2 aromatic carbocycles. The predicted molar refractivity (Wildman–Crippen MR) is 105 cm³/mol. The first-order valence-corrected chi connectivity index (χ1v) is 10.8. The lowest BCUT2D eigenvalue weighted by Gasteiger charge is -2.16. The van der Waals surface area contributed by atoms with Crippen molar-refractivity contribution in [1.29, 1.82) is 0 Å². The minimum atomic E-state index is -4.71. The molecule has 0 aliphatic carbocycles. The number of rotatable bonds is 9. The van der Waals surface area contributed by atoms with Crippen molar-refractivity contribution in [1.82, 2.24) is 0 Å². The van der Waals surface area contributed by atoms with E-state index >= 15 is 0 Å². The summed E-state index contributed by atoms with van der Waals surface area (Å²) in [4.78, 5) is -0.135. The highest BCUT2D eigenvalue weighted by Gasteiger charge is 2.30. The second-order valence-corrected chi connectivity index (χ2v) is 8.67. The van der Waals surface area contributed by atoms with Gasteiger partial charge in [0.2, 0.25) is 0 Å². The van der Waals surface area contributed by atoms with E-state index in [0.717, 1.165) is 30.2 Å². The first-order valence-electron chi connectivity index (χ1n) is 9.35. The van der Waals surface area contributed by atoms with E-state index in [1.54, 1.807) is 12.1 Å². The van der Waals surface area contributed by atoms with Gasteiger partial charge in [0.25, 0.3) is 10.0 Å². The van der Waals surface area contributed by atoms with E-state index in [2.05, 4.69) is 14.2 Å². The van der Waals surface area contributed by atoms with Gasteiger partial charge in [-0.15, -0.1) is 0 Å². The van der Waals surface area contributed by atoms with Crippen LogP contribution < -0.4 is 14.2 Å². The summed E-state index contributed by atoms with van der Waals surface area (Å²) in [5, 5.41) is 0. The van der Waals surface area contributed by atoms with Crippen molar-refractivity contribution >= 4 is 15.7 Å². The zero-order valence-electron chi connectivity index (χ0n) is 17.0. The lowest BCUT2D eigenvalue weighted by molar-refractivity contribution is -0.153. The third-order valence-corrected chi connectivity index (χ3v) is 5.71. The number of hydrogen-bond donors (Lipinski definition) is 1. The molecule has 178 valence electrons. The van der Waals surface area contributed by atoms with Crippen molar-refractivity contribution < 1.29 is 44.2 Å². The highest BCUT2D eigenvalue weighted by atomic mass is 32.2. The smallest absolute Gasteiger partial charge is 0.422 e. The van der Waals surface area contributed by atoms with Crippen molar-refractivity contribution in [2.24, 2.45) is 0 Å². The van der Waals surface area contributed by atoms with Crippen molar-refractivity contribution in [3.05, 3.63) is 48.0 Å². The third kappa shape index (κ3) is 8.13. The van der Waals surface area contributed by atoms with Crippen LogP contribution in [0, 0.1) is 0 Å². The minimum absolute atomic E-state index is 0.135. The van der Waals surface area contributed by atoms with Crippen molar-refractivity contribution in [2.45, 2.75) is 43.4 Å². The number of ether oxygens (including phenoxy) is 2. The van der Waals surface area contributed by atoms with E-state index in [0.29, 0.717) is 0 Å². The molecule has 0 saturated heterocycles. The average molecular weight is 485 g/mol. The van der Waals surface area contributed by atoms with Gasteiger partial charge in [0.15, 0.2) is 13.2 Å². The molecule has 1 unspecified atom stereocenters. The van der Waals surface area contributed by atoms with Gasteiger partial charge in [0, 0.05) is 18.2 Å². The summed E-state index contributed by atoms with van der Waals surface area (Å²) >= 11 is 0. The van der Waals surface area contributed by atoms with Crippen LogP contribution in [0.4, 0.5) is 32.0 Å². The Morgan fingerprint density at radius 1 is 0.875 bits per heavy atom. The zero-order valence-corrected chi connectivity index (χ0v) is 17.9. The summed E-state index contributed by atoms with van der Waals surface area (Å²) in [6, 6.07) is 8.60. The third-order valence-electron chi connectivity index (χ3n) is 4.31. The van der Waals surface area contributed by atoms with Crippen LogP contribution in [0.2, 0.25) is 0 Å². The second kappa shape index (κ2) is 9.88. The van der Waals surface area contributed by atoms with Crippen LogP contribution in [0.3, 0.4) is 0 Å². The molecule has 0 radical (unpaired) electrons. The fourth-order valence-corrected chi connectivity index (χ4v) is 3.59. The topological polar surface area (TPSA) is 64.6 Å². The number of anilines is 1. The van der Waals surface area contributed by atoms with Crippen LogP contribution in [-0.2, 0) is 10.0 Å². The number of hydrogen-bond acceptors (Lipinski definition) is 4. The highest BCUT2D eigenvalue weighted by molar-refractivity contribution is 7.92. The maximum atomic E-state index is 12.7. The molecule has 5 nitrogen and oxygen atoms in total. The molecule has 0 fully saturated rings. The lowest BCUT2D eigenvalue weighted by atomic mass is 9.99. The van der Waals surface area contributed by atoms with Crippen LogP contribution in [-0.4, -0.2) is 34.0 Å². The molecule has 0 bridgehead atoms. The average Bonchev–Trinajstić information content (AvgIpc) is 2.69. The molecule has 0 amide bonds. The zero-order chi connectivity index (χ0) is 24.2. The Morgan fingerprint density at radius 2 is 1.34 bits per heavy atom. The molecule has 32 heavy (non-hydrogen) atoms. The van der Waals surface area contributed by atoms with E-state index in [9.17, 15) is 34.8 Å². The summed E-state index contributed by atoms with van der Waals surface area (Å²) in [5.74, 6) is -0.839. The van der Waals surface area contributed by atoms with Gasteiger partial charge in [-0.2, -0.15) is 26.3 Å². The molecule has 0 heterocycles. The molecule has 1 N–H and O–H groups in total. The minimum Gasteiger partial charge on any atom is -0.484 e. The van der Waals surface area contributed by atoms with E-state index in [4.69, 9.17) is 0 Å². The molecule has 0 saturated carbocycles. The second-order valence-electron chi connectivity index (χ2n) is 6.98. The van der Waals surface area contributed by atoms with Gasteiger partial charge in [0.05, 0.1) is 10.6 Å². The lowest BCUT2D eigenvalue weighted by Crippen LogP contribution is -2.20. The van der Waals surface area contributed by atoms with Gasteiger partial charge < -0.3 is 9.47 Å². The number of benzene rings is 2. The van der Waals surface area contributed by atoms with Gasteiger partial charge in [-0.3, -0.25) is 4.72 Å². The SMILES string of the molecule is CCC(C)c1ccc(S(=O)(=O)Nc2cc(OCC(F)(F)F)cc(OCC(F)(F)F)c2)cc1. The Balaban J connectivity index is 2.30. The van der Waals surface area contributed by atoms with Gasteiger partial charge >= 0.3 is 12.4 Å². The molecule has 2 aromatic rings.